The maximum absolute atomic E-state index is 12.2. The number of fused-ring (bicyclic) bond motifs is 1. The molecule has 1 aliphatic rings. The number of aliphatic hydroxyl groups excluding tert-OH is 1. The lowest BCUT2D eigenvalue weighted by Crippen LogP contribution is -2.50. The van der Waals surface area contributed by atoms with Gasteiger partial charge in [-0.15, -0.1) is 24.5 Å². The van der Waals surface area contributed by atoms with E-state index >= 15 is 0 Å². The molecule has 1 atom stereocenters. The molecular weight excluding hydrogens is 483 g/mol. The van der Waals surface area contributed by atoms with E-state index in [0.29, 0.717) is 31.2 Å². The Morgan fingerprint density at radius 1 is 0.971 bits per heavy atom. The van der Waals surface area contributed by atoms with E-state index < -0.39 is 12.5 Å². The molecule has 0 spiro atoms. The number of alkyl halides is 3. The van der Waals surface area contributed by atoms with Crippen LogP contribution in [0.15, 0.2) is 42.5 Å². The minimum Gasteiger partial charge on any atom is -0.492 e. The normalized spacial score (nSPS) is 16.4. The Balaban J connectivity index is 1.11. The molecule has 0 amide bonds. The number of halogens is 3. The van der Waals surface area contributed by atoms with Crippen molar-refractivity contribution in [2.45, 2.75) is 19.4 Å². The van der Waals surface area contributed by atoms with Crippen LogP contribution in [0.4, 0.5) is 13.2 Å². The first-order valence-electron chi connectivity index (χ1n) is 11.3. The van der Waals surface area contributed by atoms with Crippen LogP contribution in [0, 0.1) is 6.92 Å². The van der Waals surface area contributed by atoms with Crippen LogP contribution in [-0.2, 0) is 0 Å². The average molecular weight is 512 g/mol. The highest BCUT2D eigenvalue weighted by Gasteiger charge is 2.31. The van der Waals surface area contributed by atoms with E-state index in [2.05, 4.69) is 19.5 Å². The van der Waals surface area contributed by atoms with Gasteiger partial charge in [-0.05, 0) is 43.3 Å². The molecule has 2 heterocycles. The van der Waals surface area contributed by atoms with E-state index in [4.69, 9.17) is 9.47 Å². The smallest absolute Gasteiger partial charge is 0.492 e. The molecule has 1 unspecified atom stereocenters. The van der Waals surface area contributed by atoms with E-state index in [1.807, 2.05) is 25.1 Å². The molecular formula is C24H28F3N3O4S. The Morgan fingerprint density at radius 3 is 2.34 bits per heavy atom. The number of aryl methyl sites for hydroxylation is 1. The van der Waals surface area contributed by atoms with Gasteiger partial charge in [-0.25, -0.2) is 4.98 Å². The molecule has 1 aliphatic heterocycles. The lowest BCUT2D eigenvalue weighted by Gasteiger charge is -2.35. The van der Waals surface area contributed by atoms with Gasteiger partial charge in [0.2, 0.25) is 0 Å². The molecule has 1 aromatic heterocycles. The zero-order valence-corrected chi connectivity index (χ0v) is 20.1. The minimum absolute atomic E-state index is 0.218. The molecule has 0 aliphatic carbocycles. The zero-order chi connectivity index (χ0) is 24.8. The van der Waals surface area contributed by atoms with Crippen molar-refractivity contribution < 1.29 is 32.5 Å². The van der Waals surface area contributed by atoms with Crippen LogP contribution in [-0.4, -0.2) is 84.8 Å². The molecule has 3 aromatic rings. The van der Waals surface area contributed by atoms with Crippen LogP contribution in [0.1, 0.15) is 5.01 Å². The van der Waals surface area contributed by atoms with Crippen molar-refractivity contribution in [1.29, 1.82) is 0 Å². The quantitative estimate of drug-likeness (QED) is 0.442. The van der Waals surface area contributed by atoms with Crippen LogP contribution >= 0.6 is 11.3 Å². The predicted molar refractivity (Wildman–Crippen MR) is 127 cm³/mol. The predicted octanol–water partition coefficient (Wildman–Crippen LogP) is 3.94. The number of thiazole rings is 1. The number of ether oxygens (including phenoxy) is 3. The number of hydrogen-bond acceptors (Lipinski definition) is 8. The Morgan fingerprint density at radius 2 is 1.63 bits per heavy atom. The van der Waals surface area contributed by atoms with Crippen molar-refractivity contribution in [2.75, 3.05) is 52.5 Å². The fourth-order valence-corrected chi connectivity index (χ4v) is 4.69. The second kappa shape index (κ2) is 11.4. The van der Waals surface area contributed by atoms with Gasteiger partial charge in [-0.3, -0.25) is 9.80 Å². The van der Waals surface area contributed by atoms with E-state index in [9.17, 15) is 18.3 Å². The van der Waals surface area contributed by atoms with E-state index in [-0.39, 0.29) is 12.4 Å². The SMILES string of the molecule is Cc1nc2cc(OCC(O)CN3CCN(CCOc4ccc(OC(F)(F)F)cc4)CC3)ccc2s1. The Bertz CT molecular complexity index is 1090. The van der Waals surface area contributed by atoms with Crippen LogP contribution in [0.5, 0.6) is 17.2 Å². The Labute approximate surface area is 205 Å². The molecule has 11 heteroatoms. The Hall–Kier alpha value is -2.60. The molecule has 7 nitrogen and oxygen atoms in total. The first kappa shape index (κ1) is 25.5. The third-order valence-electron chi connectivity index (χ3n) is 5.58. The van der Waals surface area contributed by atoms with Gasteiger partial charge in [0, 0.05) is 45.3 Å². The number of aromatic nitrogens is 1. The fourth-order valence-electron chi connectivity index (χ4n) is 3.88. The van der Waals surface area contributed by atoms with Crippen molar-refractivity contribution >= 4 is 21.6 Å². The van der Waals surface area contributed by atoms with Gasteiger partial charge in [0.25, 0.3) is 0 Å². The van der Waals surface area contributed by atoms with Crippen molar-refractivity contribution in [2.24, 2.45) is 0 Å². The number of aliphatic hydroxyl groups is 1. The minimum atomic E-state index is -4.70. The van der Waals surface area contributed by atoms with Crippen LogP contribution in [0.25, 0.3) is 10.2 Å². The summed E-state index contributed by atoms with van der Waals surface area (Å²) in [6, 6.07) is 11.2. The molecule has 0 radical (unpaired) electrons. The fraction of sp³-hybridized carbons (Fsp3) is 0.458. The molecule has 2 aromatic carbocycles. The van der Waals surface area contributed by atoms with Crippen LogP contribution in [0.3, 0.4) is 0 Å². The van der Waals surface area contributed by atoms with E-state index in [0.717, 1.165) is 41.4 Å². The summed E-state index contributed by atoms with van der Waals surface area (Å²) >= 11 is 1.64. The average Bonchev–Trinajstić information content (AvgIpc) is 3.18. The highest BCUT2D eigenvalue weighted by Crippen LogP contribution is 2.26. The molecule has 0 bridgehead atoms. The highest BCUT2D eigenvalue weighted by atomic mass is 32.1. The summed E-state index contributed by atoms with van der Waals surface area (Å²) in [5.41, 5.74) is 0.909. The summed E-state index contributed by atoms with van der Waals surface area (Å²) in [6.07, 6.45) is -5.30. The summed E-state index contributed by atoms with van der Waals surface area (Å²) < 4.78 is 53.0. The van der Waals surface area contributed by atoms with Gasteiger partial charge < -0.3 is 19.3 Å². The van der Waals surface area contributed by atoms with Crippen LogP contribution < -0.4 is 14.2 Å². The maximum Gasteiger partial charge on any atom is 0.573 e. The van der Waals surface area contributed by atoms with Crippen molar-refractivity contribution in [3.8, 4) is 17.2 Å². The van der Waals surface area contributed by atoms with Gasteiger partial charge >= 0.3 is 6.36 Å². The number of rotatable bonds is 10. The van der Waals surface area contributed by atoms with E-state index in [1.165, 1.54) is 24.3 Å². The first-order chi connectivity index (χ1) is 16.7. The van der Waals surface area contributed by atoms with Crippen molar-refractivity contribution in [3.05, 3.63) is 47.5 Å². The lowest BCUT2D eigenvalue weighted by molar-refractivity contribution is -0.274. The second-order valence-corrected chi connectivity index (χ2v) is 9.57. The van der Waals surface area contributed by atoms with Gasteiger partial charge in [0.1, 0.15) is 36.6 Å². The molecule has 1 N–H and O–H groups in total. The largest absolute Gasteiger partial charge is 0.573 e. The van der Waals surface area contributed by atoms with Crippen molar-refractivity contribution in [1.82, 2.24) is 14.8 Å². The monoisotopic (exact) mass is 511 g/mol. The maximum atomic E-state index is 12.2. The number of hydrogen-bond donors (Lipinski definition) is 1. The summed E-state index contributed by atoms with van der Waals surface area (Å²) in [5, 5.41) is 11.4. The molecule has 1 saturated heterocycles. The Kier molecular flexibility index (Phi) is 8.32. The van der Waals surface area contributed by atoms with E-state index in [1.54, 1.807) is 11.3 Å². The summed E-state index contributed by atoms with van der Waals surface area (Å²) in [4.78, 5) is 8.93. The molecule has 0 saturated carbocycles. The summed E-state index contributed by atoms with van der Waals surface area (Å²) in [6.45, 7) is 7.20. The van der Waals surface area contributed by atoms with Gasteiger partial charge in [-0.2, -0.15) is 0 Å². The van der Waals surface area contributed by atoms with Crippen LogP contribution in [0.2, 0.25) is 0 Å². The first-order valence-corrected chi connectivity index (χ1v) is 12.2. The molecule has 190 valence electrons. The number of piperazine rings is 1. The summed E-state index contributed by atoms with van der Waals surface area (Å²) in [7, 11) is 0. The molecule has 4 rings (SSSR count). The highest BCUT2D eigenvalue weighted by molar-refractivity contribution is 7.18. The number of β-amino-alcohol motifs (C(OH)–C–C–N with tert-alkyl or cyclic N) is 1. The zero-order valence-electron chi connectivity index (χ0n) is 19.3. The summed E-state index contributed by atoms with van der Waals surface area (Å²) in [5.74, 6) is 0.920. The molecule has 1 fully saturated rings. The second-order valence-electron chi connectivity index (χ2n) is 8.34. The topological polar surface area (TPSA) is 67.3 Å². The third kappa shape index (κ3) is 7.96. The number of benzene rings is 2. The molecule has 35 heavy (non-hydrogen) atoms. The third-order valence-corrected chi connectivity index (χ3v) is 6.53. The van der Waals surface area contributed by atoms with Gasteiger partial charge in [0.05, 0.1) is 15.2 Å². The van der Waals surface area contributed by atoms with Gasteiger partial charge in [-0.1, -0.05) is 0 Å². The lowest BCUT2D eigenvalue weighted by atomic mass is 10.2. The standard InChI is InChI=1S/C24H28F3N3O4S/c1-17-28-22-14-21(6-7-23(22)35-17)33-16-18(31)15-30-10-8-29(9-11-30)12-13-32-19-2-4-20(5-3-19)34-24(25,26)27/h2-7,14,18,31H,8-13,15-16H2,1H3. The van der Waals surface area contributed by atoms with Gasteiger partial charge in [0.15, 0.2) is 0 Å². The van der Waals surface area contributed by atoms with Crippen molar-refractivity contribution in [3.63, 3.8) is 0 Å². The number of nitrogens with zero attached hydrogens (tertiary/aromatic N) is 3.